The van der Waals surface area contributed by atoms with Crippen LogP contribution in [0.25, 0.3) is 0 Å². The molecule has 1 saturated heterocycles. The van der Waals surface area contributed by atoms with Crippen molar-refractivity contribution in [1.29, 1.82) is 0 Å². The minimum atomic E-state index is -0.576. The van der Waals surface area contributed by atoms with Gasteiger partial charge in [-0.2, -0.15) is 0 Å². The van der Waals surface area contributed by atoms with E-state index < -0.39 is 6.04 Å². The molecule has 0 bridgehead atoms. The Balaban J connectivity index is 1.97. The number of amides is 2. The fraction of sp³-hybridized carbons (Fsp3) is 0.529. The molecule has 2 amide bonds. The maximum atomic E-state index is 12.2. The lowest BCUT2D eigenvalue weighted by Gasteiger charge is -2.25. The second-order valence-electron chi connectivity index (χ2n) is 6.19. The number of nitrogens with zero attached hydrogens (tertiary/aromatic N) is 1. The van der Waals surface area contributed by atoms with Gasteiger partial charge in [-0.15, -0.1) is 0 Å². The number of anilines is 2. The Hall–Kier alpha value is -1.92. The molecule has 1 aliphatic rings. The van der Waals surface area contributed by atoms with E-state index in [9.17, 15) is 9.59 Å². The molecule has 0 saturated carbocycles. The first-order valence-electron chi connectivity index (χ1n) is 8.15. The van der Waals surface area contributed by atoms with Gasteiger partial charge in [-0.25, -0.2) is 0 Å². The van der Waals surface area contributed by atoms with Gasteiger partial charge in [0.1, 0.15) is 0 Å². The SMILES string of the molecule is Cc1ccc(NC(=O)[C@@H](C)N)cc1NC(=O)CN1CCCCC1. The summed E-state index contributed by atoms with van der Waals surface area (Å²) >= 11 is 0. The van der Waals surface area contributed by atoms with E-state index in [4.69, 9.17) is 5.73 Å². The fourth-order valence-electron chi connectivity index (χ4n) is 2.60. The lowest BCUT2D eigenvalue weighted by atomic mass is 10.1. The van der Waals surface area contributed by atoms with Crippen LogP contribution < -0.4 is 16.4 Å². The van der Waals surface area contributed by atoms with E-state index in [1.807, 2.05) is 13.0 Å². The van der Waals surface area contributed by atoms with Gasteiger partial charge in [0.2, 0.25) is 11.8 Å². The molecular weight excluding hydrogens is 292 g/mol. The standard InChI is InChI=1S/C17H26N4O2/c1-12-6-7-14(19-17(23)13(2)18)10-15(12)20-16(22)11-21-8-4-3-5-9-21/h6-7,10,13H,3-5,8-9,11,18H2,1-2H3,(H,19,23)(H,20,22)/t13-/m1/s1. The van der Waals surface area contributed by atoms with Gasteiger partial charge in [-0.1, -0.05) is 12.5 Å². The third-order valence-corrected chi connectivity index (χ3v) is 4.01. The molecule has 4 N–H and O–H groups in total. The van der Waals surface area contributed by atoms with Gasteiger partial charge >= 0.3 is 0 Å². The third-order valence-electron chi connectivity index (χ3n) is 4.01. The summed E-state index contributed by atoms with van der Waals surface area (Å²) in [7, 11) is 0. The van der Waals surface area contributed by atoms with E-state index in [1.54, 1.807) is 19.1 Å². The van der Waals surface area contributed by atoms with Gasteiger partial charge in [-0.3, -0.25) is 14.5 Å². The number of benzene rings is 1. The lowest BCUT2D eigenvalue weighted by molar-refractivity contribution is -0.118. The minimum Gasteiger partial charge on any atom is -0.325 e. The maximum absolute atomic E-state index is 12.2. The first-order valence-corrected chi connectivity index (χ1v) is 8.15. The van der Waals surface area contributed by atoms with Crippen molar-refractivity contribution in [2.24, 2.45) is 5.73 Å². The van der Waals surface area contributed by atoms with Crippen LogP contribution in [0.3, 0.4) is 0 Å². The molecule has 0 aliphatic carbocycles. The quantitative estimate of drug-likeness (QED) is 0.771. The highest BCUT2D eigenvalue weighted by Gasteiger charge is 2.15. The number of aryl methyl sites for hydroxylation is 1. The van der Waals surface area contributed by atoms with Crippen LogP contribution in [-0.2, 0) is 9.59 Å². The highest BCUT2D eigenvalue weighted by Crippen LogP contribution is 2.20. The number of carbonyl (C=O) groups is 2. The number of carbonyl (C=O) groups excluding carboxylic acids is 2. The molecule has 1 aromatic rings. The normalized spacial score (nSPS) is 16.7. The lowest BCUT2D eigenvalue weighted by Crippen LogP contribution is -2.37. The number of likely N-dealkylation sites (tertiary alicyclic amines) is 1. The molecule has 1 atom stereocenters. The molecule has 1 aromatic carbocycles. The Bertz CT molecular complexity index is 566. The Morgan fingerprint density at radius 3 is 2.57 bits per heavy atom. The van der Waals surface area contributed by atoms with Crippen LogP contribution in [0.2, 0.25) is 0 Å². The van der Waals surface area contributed by atoms with Crippen molar-refractivity contribution >= 4 is 23.2 Å². The van der Waals surface area contributed by atoms with Gasteiger partial charge in [0, 0.05) is 11.4 Å². The van der Waals surface area contributed by atoms with Gasteiger partial charge in [0.15, 0.2) is 0 Å². The van der Waals surface area contributed by atoms with Crippen LogP contribution in [0.15, 0.2) is 18.2 Å². The molecule has 126 valence electrons. The van der Waals surface area contributed by atoms with Gasteiger partial charge in [-0.05, 0) is 57.5 Å². The molecule has 6 nitrogen and oxygen atoms in total. The largest absolute Gasteiger partial charge is 0.325 e. The highest BCUT2D eigenvalue weighted by molar-refractivity contribution is 5.97. The smallest absolute Gasteiger partial charge is 0.240 e. The zero-order valence-corrected chi connectivity index (χ0v) is 13.9. The van der Waals surface area contributed by atoms with E-state index in [1.165, 1.54) is 6.42 Å². The van der Waals surface area contributed by atoms with E-state index in [0.717, 1.165) is 37.2 Å². The molecular formula is C17H26N4O2. The van der Waals surface area contributed by atoms with Crippen molar-refractivity contribution in [2.45, 2.75) is 39.2 Å². The molecule has 1 fully saturated rings. The molecule has 0 radical (unpaired) electrons. The number of hydrogen-bond acceptors (Lipinski definition) is 4. The minimum absolute atomic E-state index is 0.0225. The van der Waals surface area contributed by atoms with Gasteiger partial charge in [0.05, 0.1) is 12.6 Å². The van der Waals surface area contributed by atoms with Crippen molar-refractivity contribution in [3.05, 3.63) is 23.8 Å². The number of piperidine rings is 1. The van der Waals surface area contributed by atoms with Gasteiger partial charge < -0.3 is 16.4 Å². The molecule has 1 aliphatic heterocycles. The summed E-state index contributed by atoms with van der Waals surface area (Å²) in [6, 6.07) is 4.86. The number of rotatable bonds is 5. The van der Waals surface area contributed by atoms with Crippen LogP contribution in [0.5, 0.6) is 0 Å². The van der Waals surface area contributed by atoms with Crippen LogP contribution in [-0.4, -0.2) is 42.4 Å². The van der Waals surface area contributed by atoms with Crippen molar-refractivity contribution in [3.8, 4) is 0 Å². The molecule has 23 heavy (non-hydrogen) atoms. The first-order chi connectivity index (χ1) is 11.0. The monoisotopic (exact) mass is 318 g/mol. The summed E-state index contributed by atoms with van der Waals surface area (Å²) < 4.78 is 0. The molecule has 0 unspecified atom stereocenters. The molecule has 0 spiro atoms. The van der Waals surface area contributed by atoms with Crippen molar-refractivity contribution in [2.75, 3.05) is 30.3 Å². The number of nitrogens with two attached hydrogens (primary N) is 1. The second-order valence-corrected chi connectivity index (χ2v) is 6.19. The Morgan fingerprint density at radius 2 is 1.91 bits per heavy atom. The number of nitrogens with one attached hydrogen (secondary N) is 2. The topological polar surface area (TPSA) is 87.5 Å². The zero-order chi connectivity index (χ0) is 16.8. The summed E-state index contributed by atoms with van der Waals surface area (Å²) in [5, 5.41) is 5.68. The molecule has 0 aromatic heterocycles. The summed E-state index contributed by atoms with van der Waals surface area (Å²) in [4.78, 5) is 26.1. The summed E-state index contributed by atoms with van der Waals surface area (Å²) in [6.45, 7) is 5.93. The maximum Gasteiger partial charge on any atom is 0.240 e. The van der Waals surface area contributed by atoms with Crippen LogP contribution in [0.1, 0.15) is 31.7 Å². The van der Waals surface area contributed by atoms with E-state index in [0.29, 0.717) is 12.2 Å². The molecule has 1 heterocycles. The Kier molecular flexibility index (Phi) is 6.12. The summed E-state index contributed by atoms with van der Waals surface area (Å²) in [6.07, 6.45) is 3.56. The van der Waals surface area contributed by atoms with E-state index >= 15 is 0 Å². The van der Waals surface area contributed by atoms with Crippen molar-refractivity contribution in [1.82, 2.24) is 4.90 Å². The van der Waals surface area contributed by atoms with Crippen LogP contribution in [0.4, 0.5) is 11.4 Å². The summed E-state index contributed by atoms with van der Waals surface area (Å²) in [5.41, 5.74) is 7.85. The average molecular weight is 318 g/mol. The Morgan fingerprint density at radius 1 is 1.22 bits per heavy atom. The summed E-state index contributed by atoms with van der Waals surface area (Å²) in [5.74, 6) is -0.273. The average Bonchev–Trinajstić information content (AvgIpc) is 2.51. The molecule has 6 heteroatoms. The predicted octanol–water partition coefficient (Wildman–Crippen LogP) is 1.71. The fourth-order valence-corrected chi connectivity index (χ4v) is 2.60. The van der Waals surface area contributed by atoms with Crippen LogP contribution in [0, 0.1) is 6.92 Å². The van der Waals surface area contributed by atoms with E-state index in [-0.39, 0.29) is 11.8 Å². The predicted molar refractivity (Wildman–Crippen MR) is 92.4 cm³/mol. The third kappa shape index (κ3) is 5.33. The first kappa shape index (κ1) is 17.4. The molecule has 2 rings (SSSR count). The highest BCUT2D eigenvalue weighted by atomic mass is 16.2. The van der Waals surface area contributed by atoms with Crippen molar-refractivity contribution < 1.29 is 9.59 Å². The zero-order valence-electron chi connectivity index (χ0n) is 13.9. The van der Waals surface area contributed by atoms with E-state index in [2.05, 4.69) is 15.5 Å². The Labute approximate surface area is 137 Å². The number of hydrogen-bond donors (Lipinski definition) is 3. The second kappa shape index (κ2) is 8.08. The van der Waals surface area contributed by atoms with Gasteiger partial charge in [0.25, 0.3) is 0 Å². The van der Waals surface area contributed by atoms with Crippen molar-refractivity contribution in [3.63, 3.8) is 0 Å². The van der Waals surface area contributed by atoms with Crippen LogP contribution >= 0.6 is 0 Å².